The van der Waals surface area contributed by atoms with Crippen molar-refractivity contribution < 1.29 is 5.11 Å². The summed E-state index contributed by atoms with van der Waals surface area (Å²) in [5, 5.41) is 14.6. The predicted molar refractivity (Wildman–Crippen MR) is 114 cm³/mol. The summed E-state index contributed by atoms with van der Waals surface area (Å²) in [4.78, 5) is 13.3. The fourth-order valence-electron chi connectivity index (χ4n) is 4.37. The molecule has 1 N–H and O–H groups in total. The largest absolute Gasteiger partial charge is 0.508 e. The molecular weight excluding hydrogens is 346 g/mol. The molecule has 0 bridgehead atoms. The summed E-state index contributed by atoms with van der Waals surface area (Å²) >= 11 is 0. The number of nitrogens with zero attached hydrogens (tertiary/aromatic N) is 1. The third-order valence-electron chi connectivity index (χ3n) is 5.60. The number of aromatic nitrogens is 1. The van der Waals surface area contributed by atoms with E-state index in [4.69, 9.17) is 0 Å². The molecule has 2 aromatic heterocycles. The van der Waals surface area contributed by atoms with Gasteiger partial charge in [0.15, 0.2) is 0 Å². The maximum Gasteiger partial charge on any atom is 0.263 e. The smallest absolute Gasteiger partial charge is 0.263 e. The van der Waals surface area contributed by atoms with Gasteiger partial charge >= 0.3 is 0 Å². The third kappa shape index (κ3) is 1.90. The van der Waals surface area contributed by atoms with Crippen LogP contribution >= 0.6 is 0 Å². The molecule has 4 aromatic carbocycles. The molecule has 2 heterocycles. The Kier molecular flexibility index (Phi) is 2.90. The average Bonchev–Trinajstić information content (AvgIpc) is 3.06. The van der Waals surface area contributed by atoms with Gasteiger partial charge in [0.05, 0.1) is 11.0 Å². The highest BCUT2D eigenvalue weighted by Gasteiger charge is 2.18. The van der Waals surface area contributed by atoms with E-state index in [-0.39, 0.29) is 11.3 Å². The number of phenols is 1. The second-order valence-electron chi connectivity index (χ2n) is 7.17. The Morgan fingerprint density at radius 1 is 0.607 bits per heavy atom. The third-order valence-corrected chi connectivity index (χ3v) is 5.60. The molecule has 6 rings (SSSR count). The Balaban J connectivity index is 1.96. The van der Waals surface area contributed by atoms with Gasteiger partial charge in [-0.3, -0.25) is 9.20 Å². The molecule has 0 unspecified atom stereocenters. The van der Waals surface area contributed by atoms with Gasteiger partial charge in [0.2, 0.25) is 0 Å². The topological polar surface area (TPSA) is 41.7 Å². The normalized spacial score (nSPS) is 11.9. The zero-order valence-corrected chi connectivity index (χ0v) is 14.9. The van der Waals surface area contributed by atoms with Gasteiger partial charge in [0.1, 0.15) is 5.75 Å². The summed E-state index contributed by atoms with van der Waals surface area (Å²) in [5.41, 5.74) is 3.91. The molecule has 6 aromatic rings. The zero-order chi connectivity index (χ0) is 18.8. The van der Waals surface area contributed by atoms with Crippen molar-refractivity contribution in [3.05, 3.63) is 95.3 Å². The Bertz CT molecular complexity index is 1580. The lowest BCUT2D eigenvalue weighted by molar-refractivity contribution is 0.476. The number of hydrogen-bond acceptors (Lipinski definition) is 2. The first kappa shape index (κ1) is 15.2. The Hall–Kier alpha value is -3.85. The van der Waals surface area contributed by atoms with E-state index >= 15 is 0 Å². The van der Waals surface area contributed by atoms with E-state index in [1.54, 1.807) is 16.5 Å². The average molecular weight is 361 g/mol. The van der Waals surface area contributed by atoms with Crippen LogP contribution < -0.4 is 5.56 Å². The van der Waals surface area contributed by atoms with Gasteiger partial charge in [-0.25, -0.2) is 0 Å². The number of rotatable bonds is 1. The first-order valence-corrected chi connectivity index (χ1v) is 9.23. The van der Waals surface area contributed by atoms with Gasteiger partial charge in [0.25, 0.3) is 5.56 Å². The van der Waals surface area contributed by atoms with Crippen molar-refractivity contribution in [2.45, 2.75) is 0 Å². The SMILES string of the molecule is O=c1c2ccccc2c2cc(-c3ccccc3)cc3c4cc(O)ccc4n1c23. The molecule has 28 heavy (non-hydrogen) atoms. The zero-order valence-electron chi connectivity index (χ0n) is 14.9. The Morgan fingerprint density at radius 3 is 2.07 bits per heavy atom. The van der Waals surface area contributed by atoms with Crippen molar-refractivity contribution in [1.82, 2.24) is 4.40 Å². The maximum atomic E-state index is 13.3. The summed E-state index contributed by atoms with van der Waals surface area (Å²) in [7, 11) is 0. The molecule has 0 aliphatic rings. The lowest BCUT2D eigenvalue weighted by Crippen LogP contribution is -2.12. The monoisotopic (exact) mass is 361 g/mol. The molecule has 3 nitrogen and oxygen atoms in total. The molecule has 0 saturated carbocycles. The van der Waals surface area contributed by atoms with E-state index in [1.807, 2.05) is 48.5 Å². The molecule has 0 spiro atoms. The van der Waals surface area contributed by atoms with Crippen LogP contribution in [0.1, 0.15) is 0 Å². The fourth-order valence-corrected chi connectivity index (χ4v) is 4.37. The molecular formula is C25H15NO2. The van der Waals surface area contributed by atoms with Crippen molar-refractivity contribution >= 4 is 38.0 Å². The molecule has 0 aliphatic heterocycles. The van der Waals surface area contributed by atoms with Gasteiger partial charge in [-0.05, 0) is 52.9 Å². The van der Waals surface area contributed by atoms with Crippen molar-refractivity contribution in [1.29, 1.82) is 0 Å². The summed E-state index contributed by atoms with van der Waals surface area (Å²) in [6.07, 6.45) is 0. The van der Waals surface area contributed by atoms with Crippen LogP contribution in [0.4, 0.5) is 0 Å². The first-order valence-electron chi connectivity index (χ1n) is 9.23. The van der Waals surface area contributed by atoms with E-state index in [0.717, 1.165) is 43.7 Å². The summed E-state index contributed by atoms with van der Waals surface area (Å²) < 4.78 is 1.79. The van der Waals surface area contributed by atoms with E-state index in [0.29, 0.717) is 5.39 Å². The highest BCUT2D eigenvalue weighted by atomic mass is 16.3. The van der Waals surface area contributed by atoms with E-state index < -0.39 is 0 Å². The quantitative estimate of drug-likeness (QED) is 0.389. The van der Waals surface area contributed by atoms with Crippen LogP contribution in [0.2, 0.25) is 0 Å². The second-order valence-corrected chi connectivity index (χ2v) is 7.17. The Labute approximate surface area is 160 Å². The minimum absolute atomic E-state index is 0.0266. The lowest BCUT2D eigenvalue weighted by Gasteiger charge is -2.09. The molecule has 0 saturated heterocycles. The van der Waals surface area contributed by atoms with Crippen LogP contribution in [-0.4, -0.2) is 9.51 Å². The summed E-state index contributed by atoms with van der Waals surface area (Å²) in [6, 6.07) is 27.5. The molecule has 0 radical (unpaired) electrons. The second kappa shape index (κ2) is 5.33. The maximum absolute atomic E-state index is 13.3. The van der Waals surface area contributed by atoms with Crippen LogP contribution in [0.15, 0.2) is 89.7 Å². The number of hydrogen-bond donors (Lipinski definition) is 1. The first-order chi connectivity index (χ1) is 13.7. The number of benzene rings is 4. The van der Waals surface area contributed by atoms with Crippen molar-refractivity contribution in [2.75, 3.05) is 0 Å². The molecule has 0 fully saturated rings. The van der Waals surface area contributed by atoms with Gasteiger partial charge in [0, 0.05) is 21.5 Å². The predicted octanol–water partition coefficient (Wildman–Crippen LogP) is 5.57. The van der Waals surface area contributed by atoms with E-state index in [2.05, 4.69) is 24.3 Å². The van der Waals surface area contributed by atoms with Crippen molar-refractivity contribution in [3.8, 4) is 16.9 Å². The molecule has 0 amide bonds. The minimum Gasteiger partial charge on any atom is -0.508 e. The number of pyridine rings is 1. The van der Waals surface area contributed by atoms with Crippen LogP contribution in [0, 0.1) is 0 Å². The fraction of sp³-hybridized carbons (Fsp3) is 0. The van der Waals surface area contributed by atoms with Crippen LogP contribution in [0.25, 0.3) is 49.1 Å². The molecule has 132 valence electrons. The van der Waals surface area contributed by atoms with Crippen LogP contribution in [0.3, 0.4) is 0 Å². The van der Waals surface area contributed by atoms with Gasteiger partial charge in [-0.1, -0.05) is 48.5 Å². The van der Waals surface area contributed by atoms with Gasteiger partial charge in [-0.2, -0.15) is 0 Å². The lowest BCUT2D eigenvalue weighted by atomic mass is 9.97. The minimum atomic E-state index is -0.0266. The summed E-state index contributed by atoms with van der Waals surface area (Å²) in [5.74, 6) is 0.197. The standard InChI is InChI=1S/C25H15NO2/c27-17-10-11-23-20(14-17)22-13-16(15-6-2-1-3-7-15)12-21-18-8-4-5-9-19(18)25(28)26(23)24(21)22/h1-14,27H. The van der Waals surface area contributed by atoms with Gasteiger partial charge in [-0.15, -0.1) is 0 Å². The van der Waals surface area contributed by atoms with Crippen LogP contribution in [-0.2, 0) is 0 Å². The number of phenolic OH excluding ortho intramolecular Hbond substituents is 1. The van der Waals surface area contributed by atoms with Crippen molar-refractivity contribution in [2.24, 2.45) is 0 Å². The number of aromatic hydroxyl groups is 1. The molecule has 0 atom stereocenters. The van der Waals surface area contributed by atoms with Gasteiger partial charge < -0.3 is 5.11 Å². The van der Waals surface area contributed by atoms with Crippen molar-refractivity contribution in [3.63, 3.8) is 0 Å². The highest BCUT2D eigenvalue weighted by molar-refractivity contribution is 6.21. The van der Waals surface area contributed by atoms with E-state index in [1.165, 1.54) is 0 Å². The Morgan fingerprint density at radius 2 is 1.29 bits per heavy atom. The van der Waals surface area contributed by atoms with E-state index in [9.17, 15) is 9.90 Å². The summed E-state index contributed by atoms with van der Waals surface area (Å²) in [6.45, 7) is 0. The molecule has 0 aliphatic carbocycles. The van der Waals surface area contributed by atoms with Crippen LogP contribution in [0.5, 0.6) is 5.75 Å². The number of fused-ring (bicyclic) bond motifs is 5. The highest BCUT2D eigenvalue weighted by Crippen LogP contribution is 2.38. The molecule has 3 heteroatoms.